The van der Waals surface area contributed by atoms with Gasteiger partial charge in [0.25, 0.3) is 5.91 Å². The molecule has 2 aliphatic rings. The number of H-pyrrole nitrogens is 1. The number of aliphatic imine (C=N–C) groups is 1. The molecule has 1 fully saturated rings. The van der Waals surface area contributed by atoms with Crippen molar-refractivity contribution in [1.82, 2.24) is 15.2 Å². The first-order valence-electron chi connectivity index (χ1n) is 7.35. The van der Waals surface area contributed by atoms with Gasteiger partial charge in [-0.3, -0.25) is 9.79 Å². The van der Waals surface area contributed by atoms with Gasteiger partial charge in [0.1, 0.15) is 17.5 Å². The fourth-order valence-electron chi connectivity index (χ4n) is 2.47. The molecule has 0 aromatic carbocycles. The SMILES string of the molecule is CN1CN=C(c2c[nH]c(C(=O)NCC3CCCO3)c2)C=C1Cl. The van der Waals surface area contributed by atoms with E-state index in [0.29, 0.717) is 24.1 Å². The van der Waals surface area contributed by atoms with Crippen LogP contribution in [0.2, 0.25) is 0 Å². The molecule has 1 amide bonds. The summed E-state index contributed by atoms with van der Waals surface area (Å²) in [5.74, 6) is -0.134. The van der Waals surface area contributed by atoms with Crippen LogP contribution in [0, 0.1) is 0 Å². The quantitative estimate of drug-likeness (QED) is 0.829. The average molecular weight is 323 g/mol. The van der Waals surface area contributed by atoms with E-state index in [1.54, 1.807) is 18.3 Å². The number of carbonyl (C=O) groups is 1. The van der Waals surface area contributed by atoms with E-state index in [2.05, 4.69) is 15.3 Å². The summed E-state index contributed by atoms with van der Waals surface area (Å²) in [6.07, 6.45) is 5.77. The van der Waals surface area contributed by atoms with Gasteiger partial charge in [0.05, 0.1) is 11.8 Å². The Kier molecular flexibility index (Phi) is 4.49. The Hall–Kier alpha value is -1.79. The molecule has 0 spiro atoms. The molecule has 0 radical (unpaired) electrons. The van der Waals surface area contributed by atoms with Crippen LogP contribution < -0.4 is 5.32 Å². The van der Waals surface area contributed by atoms with E-state index in [9.17, 15) is 4.79 Å². The molecule has 1 unspecified atom stereocenters. The second-order valence-electron chi connectivity index (χ2n) is 5.50. The Morgan fingerprint density at radius 3 is 3.23 bits per heavy atom. The van der Waals surface area contributed by atoms with Crippen molar-refractivity contribution in [1.29, 1.82) is 0 Å². The summed E-state index contributed by atoms with van der Waals surface area (Å²) in [5.41, 5.74) is 2.14. The lowest BCUT2D eigenvalue weighted by Gasteiger charge is -2.20. The molecular formula is C15H19ClN4O2. The third kappa shape index (κ3) is 3.34. The Morgan fingerprint density at radius 2 is 2.50 bits per heavy atom. The van der Waals surface area contributed by atoms with Crippen molar-refractivity contribution in [3.05, 3.63) is 34.8 Å². The zero-order valence-electron chi connectivity index (χ0n) is 12.4. The normalized spacial score (nSPS) is 21.5. The van der Waals surface area contributed by atoms with E-state index in [-0.39, 0.29) is 12.0 Å². The maximum atomic E-state index is 12.1. The highest BCUT2D eigenvalue weighted by Crippen LogP contribution is 2.16. The number of allylic oxidation sites excluding steroid dienone is 1. The minimum absolute atomic E-state index is 0.134. The molecule has 2 N–H and O–H groups in total. The summed E-state index contributed by atoms with van der Waals surface area (Å²) >= 11 is 6.11. The number of halogens is 1. The second kappa shape index (κ2) is 6.54. The number of nitrogens with zero attached hydrogens (tertiary/aromatic N) is 2. The minimum Gasteiger partial charge on any atom is -0.376 e. The first-order chi connectivity index (χ1) is 10.6. The topological polar surface area (TPSA) is 69.7 Å². The third-order valence-electron chi connectivity index (χ3n) is 3.81. The molecule has 118 valence electrons. The summed E-state index contributed by atoms with van der Waals surface area (Å²) in [4.78, 5) is 21.4. The van der Waals surface area contributed by atoms with Crippen LogP contribution in [0.25, 0.3) is 0 Å². The number of aromatic amines is 1. The number of aromatic nitrogens is 1. The number of hydrogen-bond donors (Lipinski definition) is 2. The van der Waals surface area contributed by atoms with Crippen molar-refractivity contribution in [3.63, 3.8) is 0 Å². The second-order valence-corrected chi connectivity index (χ2v) is 5.88. The molecule has 22 heavy (non-hydrogen) atoms. The summed E-state index contributed by atoms with van der Waals surface area (Å²) in [7, 11) is 1.88. The van der Waals surface area contributed by atoms with Gasteiger partial charge in [0.2, 0.25) is 0 Å². The van der Waals surface area contributed by atoms with Gasteiger partial charge in [-0.2, -0.15) is 0 Å². The number of ether oxygens (including phenoxy) is 1. The van der Waals surface area contributed by atoms with E-state index in [1.165, 1.54) is 0 Å². The fraction of sp³-hybridized carbons (Fsp3) is 0.467. The zero-order chi connectivity index (χ0) is 15.5. The molecule has 3 heterocycles. The first-order valence-corrected chi connectivity index (χ1v) is 7.72. The molecule has 1 aromatic rings. The van der Waals surface area contributed by atoms with E-state index in [0.717, 1.165) is 30.7 Å². The van der Waals surface area contributed by atoms with Gasteiger partial charge >= 0.3 is 0 Å². The Labute approximate surface area is 134 Å². The Morgan fingerprint density at radius 1 is 1.64 bits per heavy atom. The summed E-state index contributed by atoms with van der Waals surface area (Å²) in [6.45, 7) is 1.84. The summed E-state index contributed by atoms with van der Waals surface area (Å²) in [5, 5.41) is 3.52. The lowest BCUT2D eigenvalue weighted by molar-refractivity contribution is 0.0854. The molecule has 3 rings (SSSR count). The van der Waals surface area contributed by atoms with Crippen molar-refractivity contribution in [2.75, 3.05) is 26.9 Å². The smallest absolute Gasteiger partial charge is 0.267 e. The monoisotopic (exact) mass is 322 g/mol. The maximum absolute atomic E-state index is 12.1. The van der Waals surface area contributed by atoms with Gasteiger partial charge < -0.3 is 19.9 Å². The lowest BCUT2D eigenvalue weighted by atomic mass is 10.1. The van der Waals surface area contributed by atoms with Crippen molar-refractivity contribution in [2.45, 2.75) is 18.9 Å². The number of carbonyl (C=O) groups excluding carboxylic acids is 1. The van der Waals surface area contributed by atoms with Crippen LogP contribution in [0.15, 0.2) is 28.5 Å². The van der Waals surface area contributed by atoms with Crippen molar-refractivity contribution < 1.29 is 9.53 Å². The van der Waals surface area contributed by atoms with Crippen LogP contribution in [0.5, 0.6) is 0 Å². The van der Waals surface area contributed by atoms with Gasteiger partial charge in [-0.05, 0) is 25.0 Å². The van der Waals surface area contributed by atoms with Crippen LogP contribution in [-0.4, -0.2) is 54.5 Å². The predicted molar refractivity (Wildman–Crippen MR) is 85.2 cm³/mol. The predicted octanol–water partition coefficient (Wildman–Crippen LogP) is 1.70. The molecule has 0 bridgehead atoms. The molecule has 6 nitrogen and oxygen atoms in total. The van der Waals surface area contributed by atoms with Crippen molar-refractivity contribution >= 4 is 23.2 Å². The van der Waals surface area contributed by atoms with Gasteiger partial charge in [0.15, 0.2) is 0 Å². The third-order valence-corrected chi connectivity index (χ3v) is 4.21. The molecule has 1 atom stereocenters. The maximum Gasteiger partial charge on any atom is 0.267 e. The Bertz CT molecular complexity index is 617. The fourth-order valence-corrected chi connectivity index (χ4v) is 2.63. The summed E-state index contributed by atoms with van der Waals surface area (Å²) in [6, 6.07) is 1.79. The molecule has 1 aromatic heterocycles. The van der Waals surface area contributed by atoms with Gasteiger partial charge in [-0.1, -0.05) is 11.6 Å². The molecular weight excluding hydrogens is 304 g/mol. The largest absolute Gasteiger partial charge is 0.376 e. The molecule has 0 saturated carbocycles. The van der Waals surface area contributed by atoms with Gasteiger partial charge in [0, 0.05) is 32.0 Å². The van der Waals surface area contributed by atoms with Crippen LogP contribution in [0.1, 0.15) is 28.9 Å². The van der Waals surface area contributed by atoms with Crippen molar-refractivity contribution in [3.8, 4) is 0 Å². The number of rotatable bonds is 4. The van der Waals surface area contributed by atoms with Crippen LogP contribution in [0.3, 0.4) is 0 Å². The van der Waals surface area contributed by atoms with E-state index in [4.69, 9.17) is 16.3 Å². The standard InChI is InChI=1S/C15H19ClN4O2/c1-20-9-19-12(6-14(20)16)10-5-13(17-7-10)15(21)18-8-11-3-2-4-22-11/h5-7,11,17H,2-4,8-9H2,1H3,(H,18,21). The lowest BCUT2D eigenvalue weighted by Crippen LogP contribution is -2.31. The van der Waals surface area contributed by atoms with E-state index < -0.39 is 0 Å². The molecule has 7 heteroatoms. The van der Waals surface area contributed by atoms with E-state index in [1.807, 2.05) is 11.9 Å². The highest BCUT2D eigenvalue weighted by atomic mass is 35.5. The number of hydrogen-bond acceptors (Lipinski definition) is 4. The van der Waals surface area contributed by atoms with Crippen LogP contribution in [0.4, 0.5) is 0 Å². The highest BCUT2D eigenvalue weighted by molar-refractivity contribution is 6.32. The minimum atomic E-state index is -0.134. The van der Waals surface area contributed by atoms with Crippen molar-refractivity contribution in [2.24, 2.45) is 4.99 Å². The highest BCUT2D eigenvalue weighted by Gasteiger charge is 2.18. The molecule has 2 aliphatic heterocycles. The number of amides is 1. The Balaban J connectivity index is 1.62. The van der Waals surface area contributed by atoms with Crippen LogP contribution in [-0.2, 0) is 4.74 Å². The molecule has 0 aliphatic carbocycles. The zero-order valence-corrected chi connectivity index (χ0v) is 13.2. The van der Waals surface area contributed by atoms with Gasteiger partial charge in [-0.15, -0.1) is 0 Å². The summed E-state index contributed by atoms with van der Waals surface area (Å²) < 4.78 is 5.49. The molecule has 1 saturated heterocycles. The van der Waals surface area contributed by atoms with Crippen LogP contribution >= 0.6 is 11.6 Å². The number of nitrogens with one attached hydrogen (secondary N) is 2. The van der Waals surface area contributed by atoms with Gasteiger partial charge in [-0.25, -0.2) is 0 Å². The first kappa shape index (κ1) is 15.1. The average Bonchev–Trinajstić information content (AvgIpc) is 3.18. The van der Waals surface area contributed by atoms with E-state index >= 15 is 0 Å².